The molecule has 1 aliphatic rings. The quantitative estimate of drug-likeness (QED) is 0.762. The summed E-state index contributed by atoms with van der Waals surface area (Å²) in [4.78, 5) is 18.3. The third-order valence-corrected chi connectivity index (χ3v) is 5.81. The fourth-order valence-electron chi connectivity index (χ4n) is 3.03. The van der Waals surface area contributed by atoms with Gasteiger partial charge in [0, 0.05) is 48.9 Å². The third kappa shape index (κ3) is 4.86. The van der Waals surface area contributed by atoms with Crippen molar-refractivity contribution in [3.05, 3.63) is 65.2 Å². The minimum atomic E-state index is 0.157. The van der Waals surface area contributed by atoms with Gasteiger partial charge in [0.1, 0.15) is 0 Å². The van der Waals surface area contributed by atoms with Gasteiger partial charge in [-0.25, -0.2) is 0 Å². The standard InChI is InChI=1S/C21H26N2OS/c1-17-8-9-20(16-18(17)2)25-15-14-22-10-12-23(13-11-22)21(24)19-6-4-3-5-7-19/h3-9,16H,10-15H2,1-2H3. The highest BCUT2D eigenvalue weighted by Gasteiger charge is 2.21. The summed E-state index contributed by atoms with van der Waals surface area (Å²) in [7, 11) is 0. The van der Waals surface area contributed by atoms with Gasteiger partial charge in [0.25, 0.3) is 5.91 Å². The Morgan fingerprint density at radius 1 is 0.960 bits per heavy atom. The number of rotatable bonds is 5. The molecule has 1 heterocycles. The van der Waals surface area contributed by atoms with Gasteiger partial charge >= 0.3 is 0 Å². The van der Waals surface area contributed by atoms with E-state index in [1.165, 1.54) is 16.0 Å². The van der Waals surface area contributed by atoms with Crippen molar-refractivity contribution in [2.45, 2.75) is 18.7 Å². The van der Waals surface area contributed by atoms with Crippen molar-refractivity contribution in [3.8, 4) is 0 Å². The van der Waals surface area contributed by atoms with Gasteiger partial charge in [0.2, 0.25) is 0 Å². The van der Waals surface area contributed by atoms with Crippen LogP contribution in [0.1, 0.15) is 21.5 Å². The number of thioether (sulfide) groups is 1. The van der Waals surface area contributed by atoms with E-state index in [9.17, 15) is 4.79 Å². The molecule has 0 atom stereocenters. The molecule has 0 unspecified atom stereocenters. The van der Waals surface area contributed by atoms with Crippen LogP contribution in [0.2, 0.25) is 0 Å². The van der Waals surface area contributed by atoms with Gasteiger partial charge in [0.05, 0.1) is 0 Å². The fraction of sp³-hybridized carbons (Fsp3) is 0.381. The van der Waals surface area contributed by atoms with E-state index in [1.54, 1.807) is 0 Å². The van der Waals surface area contributed by atoms with Crippen molar-refractivity contribution < 1.29 is 4.79 Å². The maximum absolute atomic E-state index is 12.5. The van der Waals surface area contributed by atoms with Crippen LogP contribution in [0.5, 0.6) is 0 Å². The Hall–Kier alpha value is -1.78. The van der Waals surface area contributed by atoms with Gasteiger partial charge in [-0.1, -0.05) is 24.3 Å². The Labute approximate surface area is 155 Å². The lowest BCUT2D eigenvalue weighted by molar-refractivity contribution is 0.0644. The summed E-state index contributed by atoms with van der Waals surface area (Å²) in [6, 6.07) is 16.3. The van der Waals surface area contributed by atoms with Crippen LogP contribution in [0, 0.1) is 13.8 Å². The van der Waals surface area contributed by atoms with E-state index in [0.29, 0.717) is 0 Å². The van der Waals surface area contributed by atoms with E-state index in [1.807, 2.05) is 47.0 Å². The summed E-state index contributed by atoms with van der Waals surface area (Å²) in [5, 5.41) is 0. The molecule has 2 aromatic carbocycles. The molecule has 0 aliphatic carbocycles. The molecule has 25 heavy (non-hydrogen) atoms. The number of benzene rings is 2. The number of piperazine rings is 1. The largest absolute Gasteiger partial charge is 0.336 e. The second kappa shape index (κ2) is 8.54. The summed E-state index contributed by atoms with van der Waals surface area (Å²) < 4.78 is 0. The SMILES string of the molecule is Cc1ccc(SCCN2CCN(C(=O)c3ccccc3)CC2)cc1C. The molecular weight excluding hydrogens is 328 g/mol. The molecule has 0 N–H and O–H groups in total. The van der Waals surface area contributed by atoms with Gasteiger partial charge in [-0.3, -0.25) is 9.69 Å². The van der Waals surface area contributed by atoms with Crippen LogP contribution in [0.15, 0.2) is 53.4 Å². The highest BCUT2D eigenvalue weighted by molar-refractivity contribution is 7.99. The number of amides is 1. The molecule has 1 amide bonds. The van der Waals surface area contributed by atoms with E-state index in [-0.39, 0.29) is 5.91 Å². The smallest absolute Gasteiger partial charge is 0.253 e. The van der Waals surface area contributed by atoms with Crippen LogP contribution in [0.25, 0.3) is 0 Å². The molecule has 0 spiro atoms. The molecule has 1 saturated heterocycles. The number of carbonyl (C=O) groups is 1. The zero-order chi connectivity index (χ0) is 17.6. The molecule has 0 saturated carbocycles. The number of hydrogen-bond acceptors (Lipinski definition) is 3. The third-order valence-electron chi connectivity index (χ3n) is 4.83. The molecule has 1 aliphatic heterocycles. The molecule has 3 nitrogen and oxygen atoms in total. The van der Waals surface area contributed by atoms with E-state index < -0.39 is 0 Å². The zero-order valence-electron chi connectivity index (χ0n) is 15.1. The predicted molar refractivity (Wildman–Crippen MR) is 105 cm³/mol. The van der Waals surface area contributed by atoms with Crippen molar-refractivity contribution in [1.29, 1.82) is 0 Å². The average Bonchev–Trinajstić information content (AvgIpc) is 2.65. The maximum atomic E-state index is 12.5. The fourth-order valence-corrected chi connectivity index (χ4v) is 4.04. The monoisotopic (exact) mass is 354 g/mol. The molecule has 0 aromatic heterocycles. The van der Waals surface area contributed by atoms with Crippen LogP contribution in [-0.4, -0.2) is 54.2 Å². The minimum Gasteiger partial charge on any atom is -0.336 e. The van der Waals surface area contributed by atoms with Crippen molar-refractivity contribution >= 4 is 17.7 Å². The van der Waals surface area contributed by atoms with E-state index in [0.717, 1.165) is 44.0 Å². The molecule has 0 radical (unpaired) electrons. The first kappa shape index (κ1) is 18.0. The highest BCUT2D eigenvalue weighted by atomic mass is 32.2. The van der Waals surface area contributed by atoms with Crippen LogP contribution in [0.4, 0.5) is 0 Å². The van der Waals surface area contributed by atoms with E-state index in [2.05, 4.69) is 36.9 Å². The summed E-state index contributed by atoms with van der Waals surface area (Å²) >= 11 is 1.92. The van der Waals surface area contributed by atoms with Gasteiger partial charge in [-0.15, -0.1) is 11.8 Å². The minimum absolute atomic E-state index is 0.157. The van der Waals surface area contributed by atoms with Crippen molar-refractivity contribution in [2.75, 3.05) is 38.5 Å². The maximum Gasteiger partial charge on any atom is 0.253 e. The second-order valence-corrected chi connectivity index (χ2v) is 7.76. The highest BCUT2D eigenvalue weighted by Crippen LogP contribution is 2.21. The Balaban J connectivity index is 1.42. The first-order valence-electron chi connectivity index (χ1n) is 8.90. The lowest BCUT2D eigenvalue weighted by Gasteiger charge is -2.34. The zero-order valence-corrected chi connectivity index (χ0v) is 15.9. The van der Waals surface area contributed by atoms with Crippen LogP contribution < -0.4 is 0 Å². The Kier molecular flexibility index (Phi) is 6.16. The van der Waals surface area contributed by atoms with E-state index in [4.69, 9.17) is 0 Å². The first-order valence-corrected chi connectivity index (χ1v) is 9.89. The molecular formula is C21H26N2OS. The molecule has 2 aromatic rings. The van der Waals surface area contributed by atoms with Gasteiger partial charge in [0.15, 0.2) is 0 Å². The first-order chi connectivity index (χ1) is 12.1. The van der Waals surface area contributed by atoms with Gasteiger partial charge in [-0.2, -0.15) is 0 Å². The lowest BCUT2D eigenvalue weighted by Crippen LogP contribution is -2.49. The predicted octanol–water partition coefficient (Wildman–Crippen LogP) is 3.85. The summed E-state index contributed by atoms with van der Waals surface area (Å²) in [5.74, 6) is 1.25. The molecule has 3 rings (SSSR count). The topological polar surface area (TPSA) is 23.6 Å². The summed E-state index contributed by atoms with van der Waals surface area (Å²) in [6.45, 7) is 8.97. The molecule has 0 bridgehead atoms. The Morgan fingerprint density at radius 2 is 1.68 bits per heavy atom. The summed E-state index contributed by atoms with van der Waals surface area (Å²) in [5.41, 5.74) is 3.50. The van der Waals surface area contributed by atoms with Crippen molar-refractivity contribution in [2.24, 2.45) is 0 Å². The number of carbonyl (C=O) groups excluding carboxylic acids is 1. The number of hydrogen-bond donors (Lipinski definition) is 0. The van der Waals surface area contributed by atoms with Crippen molar-refractivity contribution in [3.63, 3.8) is 0 Å². The normalized spacial score (nSPS) is 15.4. The molecule has 1 fully saturated rings. The average molecular weight is 355 g/mol. The number of nitrogens with zero attached hydrogens (tertiary/aromatic N) is 2. The lowest BCUT2D eigenvalue weighted by atomic mass is 10.1. The van der Waals surface area contributed by atoms with Gasteiger partial charge in [-0.05, 0) is 49.2 Å². The Morgan fingerprint density at radius 3 is 2.36 bits per heavy atom. The van der Waals surface area contributed by atoms with Crippen LogP contribution in [0.3, 0.4) is 0 Å². The van der Waals surface area contributed by atoms with Crippen LogP contribution in [-0.2, 0) is 0 Å². The van der Waals surface area contributed by atoms with E-state index >= 15 is 0 Å². The molecule has 4 heteroatoms. The van der Waals surface area contributed by atoms with Gasteiger partial charge < -0.3 is 4.90 Å². The second-order valence-electron chi connectivity index (χ2n) is 6.59. The number of aryl methyl sites for hydroxylation is 2. The Bertz CT molecular complexity index is 709. The summed E-state index contributed by atoms with van der Waals surface area (Å²) in [6.07, 6.45) is 0. The molecule has 132 valence electrons. The van der Waals surface area contributed by atoms with Crippen molar-refractivity contribution in [1.82, 2.24) is 9.80 Å². The van der Waals surface area contributed by atoms with Crippen LogP contribution >= 0.6 is 11.8 Å².